The fourth-order valence-electron chi connectivity index (χ4n) is 4.93. The molecule has 2 heterocycles. The fourth-order valence-corrected chi connectivity index (χ4v) is 4.93. The van der Waals surface area contributed by atoms with Crippen molar-refractivity contribution >= 4 is 17.3 Å². The van der Waals surface area contributed by atoms with Crippen LogP contribution >= 0.6 is 0 Å². The number of aryl methyl sites for hydroxylation is 2. The highest BCUT2D eigenvalue weighted by Gasteiger charge is 2.45. The SMILES string of the molecule is Cc1cc(N2CCN3CCC[C@H]3C2)cc(C)c1NC(=O)CC1CC(F)(F)C1. The first-order valence-corrected chi connectivity index (χ1v) is 10.1. The minimum atomic E-state index is -2.57. The number of carbonyl (C=O) groups is 1. The molecular formula is C21H29F2N3O. The molecule has 27 heavy (non-hydrogen) atoms. The molecule has 1 atom stereocenters. The van der Waals surface area contributed by atoms with E-state index < -0.39 is 5.92 Å². The standard InChI is InChI=1S/C21H29F2N3O/c1-14-8-18(26-7-6-25-5-3-4-17(25)13-26)9-15(2)20(14)24-19(27)10-16-11-21(22,23)12-16/h8-9,16-17H,3-7,10-13H2,1-2H3,(H,24,27)/t17-/m0/s1. The van der Waals surface area contributed by atoms with E-state index in [1.807, 2.05) is 13.8 Å². The molecule has 3 fully saturated rings. The maximum atomic E-state index is 13.0. The normalized spacial score (nSPS) is 25.2. The van der Waals surface area contributed by atoms with Gasteiger partial charge in [-0.15, -0.1) is 0 Å². The van der Waals surface area contributed by atoms with E-state index in [1.54, 1.807) is 0 Å². The van der Waals surface area contributed by atoms with Crippen LogP contribution in [0.25, 0.3) is 0 Å². The molecule has 4 nitrogen and oxygen atoms in total. The Bertz CT molecular complexity index is 705. The summed E-state index contributed by atoms with van der Waals surface area (Å²) in [6.45, 7) is 8.48. The zero-order chi connectivity index (χ0) is 19.2. The summed E-state index contributed by atoms with van der Waals surface area (Å²) in [5.74, 6) is -2.92. The van der Waals surface area contributed by atoms with Gasteiger partial charge < -0.3 is 10.2 Å². The predicted molar refractivity (Wildman–Crippen MR) is 104 cm³/mol. The van der Waals surface area contributed by atoms with Gasteiger partial charge in [-0.1, -0.05) is 0 Å². The molecule has 0 bridgehead atoms. The average molecular weight is 377 g/mol. The van der Waals surface area contributed by atoms with Crippen molar-refractivity contribution in [2.75, 3.05) is 36.4 Å². The molecule has 1 aromatic carbocycles. The molecule has 4 rings (SSSR count). The van der Waals surface area contributed by atoms with Crippen molar-refractivity contribution in [3.63, 3.8) is 0 Å². The summed E-state index contributed by atoms with van der Waals surface area (Å²) < 4.78 is 25.9. The molecule has 0 spiro atoms. The van der Waals surface area contributed by atoms with E-state index in [4.69, 9.17) is 0 Å². The van der Waals surface area contributed by atoms with Crippen LogP contribution in [-0.2, 0) is 4.79 Å². The molecule has 3 aliphatic rings. The molecule has 6 heteroatoms. The highest BCUT2D eigenvalue weighted by Crippen LogP contribution is 2.44. The van der Waals surface area contributed by atoms with Gasteiger partial charge in [0.1, 0.15) is 0 Å². The first kappa shape index (κ1) is 18.7. The van der Waals surface area contributed by atoms with Crippen LogP contribution in [0.15, 0.2) is 12.1 Å². The van der Waals surface area contributed by atoms with Crippen molar-refractivity contribution in [1.29, 1.82) is 0 Å². The molecular weight excluding hydrogens is 348 g/mol. The molecule has 2 saturated heterocycles. The summed E-state index contributed by atoms with van der Waals surface area (Å²) in [7, 11) is 0. The highest BCUT2D eigenvalue weighted by atomic mass is 19.3. The first-order chi connectivity index (χ1) is 12.8. The number of hydrogen-bond acceptors (Lipinski definition) is 3. The van der Waals surface area contributed by atoms with E-state index >= 15 is 0 Å². The van der Waals surface area contributed by atoms with Gasteiger partial charge in [0.25, 0.3) is 0 Å². The van der Waals surface area contributed by atoms with Crippen molar-refractivity contribution in [3.05, 3.63) is 23.3 Å². The van der Waals surface area contributed by atoms with Gasteiger partial charge in [0.15, 0.2) is 0 Å². The topological polar surface area (TPSA) is 35.6 Å². The number of anilines is 2. The van der Waals surface area contributed by atoms with E-state index in [9.17, 15) is 13.6 Å². The lowest BCUT2D eigenvalue weighted by molar-refractivity contribution is -0.129. The molecule has 1 saturated carbocycles. The van der Waals surface area contributed by atoms with Crippen LogP contribution in [0.2, 0.25) is 0 Å². The van der Waals surface area contributed by atoms with Crippen LogP contribution in [0.1, 0.15) is 43.2 Å². The molecule has 2 aliphatic heterocycles. The number of hydrogen-bond donors (Lipinski definition) is 1. The molecule has 0 aromatic heterocycles. The van der Waals surface area contributed by atoms with E-state index in [1.165, 1.54) is 25.1 Å². The summed E-state index contributed by atoms with van der Waals surface area (Å²) in [6, 6.07) is 4.95. The Kier molecular flexibility index (Phi) is 4.87. The average Bonchev–Trinajstić information content (AvgIpc) is 3.04. The number of alkyl halides is 2. The largest absolute Gasteiger partial charge is 0.369 e. The van der Waals surface area contributed by atoms with Crippen LogP contribution in [0.4, 0.5) is 20.2 Å². The third-order valence-corrected chi connectivity index (χ3v) is 6.38. The lowest BCUT2D eigenvalue weighted by atomic mass is 9.79. The van der Waals surface area contributed by atoms with E-state index in [0.29, 0.717) is 6.04 Å². The zero-order valence-corrected chi connectivity index (χ0v) is 16.2. The van der Waals surface area contributed by atoms with Crippen molar-refractivity contribution in [1.82, 2.24) is 4.90 Å². The Morgan fingerprint density at radius 1 is 1.19 bits per heavy atom. The van der Waals surface area contributed by atoms with Gasteiger partial charge in [-0.3, -0.25) is 9.69 Å². The summed E-state index contributed by atoms with van der Waals surface area (Å²) in [5, 5.41) is 2.96. The van der Waals surface area contributed by atoms with Crippen molar-refractivity contribution < 1.29 is 13.6 Å². The smallest absolute Gasteiger partial charge is 0.248 e. The Hall–Kier alpha value is -1.69. The van der Waals surface area contributed by atoms with Gasteiger partial charge in [0, 0.05) is 56.3 Å². The molecule has 1 aromatic rings. The highest BCUT2D eigenvalue weighted by molar-refractivity contribution is 5.93. The molecule has 1 aliphatic carbocycles. The maximum absolute atomic E-state index is 13.0. The Labute approximate surface area is 159 Å². The number of carbonyl (C=O) groups excluding carboxylic acids is 1. The molecule has 1 amide bonds. The van der Waals surface area contributed by atoms with Gasteiger partial charge in [0.2, 0.25) is 11.8 Å². The van der Waals surface area contributed by atoms with Crippen molar-refractivity contribution in [2.24, 2.45) is 5.92 Å². The number of nitrogens with zero attached hydrogens (tertiary/aromatic N) is 2. The minimum absolute atomic E-state index is 0.158. The molecule has 148 valence electrons. The Balaban J connectivity index is 1.40. The lowest BCUT2D eigenvalue weighted by Gasteiger charge is -2.39. The number of nitrogens with one attached hydrogen (secondary N) is 1. The Morgan fingerprint density at radius 2 is 1.89 bits per heavy atom. The molecule has 0 radical (unpaired) electrons. The van der Waals surface area contributed by atoms with Gasteiger partial charge in [-0.2, -0.15) is 0 Å². The summed E-state index contributed by atoms with van der Waals surface area (Å²) in [5.41, 5.74) is 4.11. The van der Waals surface area contributed by atoms with Crippen molar-refractivity contribution in [3.8, 4) is 0 Å². The minimum Gasteiger partial charge on any atom is -0.369 e. The van der Waals surface area contributed by atoms with Gasteiger partial charge in [0.05, 0.1) is 0 Å². The summed E-state index contributed by atoms with van der Waals surface area (Å²) in [4.78, 5) is 17.3. The lowest BCUT2D eigenvalue weighted by Crippen LogP contribution is -2.50. The summed E-state index contributed by atoms with van der Waals surface area (Å²) in [6.07, 6.45) is 2.44. The van der Waals surface area contributed by atoms with Gasteiger partial charge in [-0.05, 0) is 62.4 Å². The fraction of sp³-hybridized carbons (Fsp3) is 0.667. The van der Waals surface area contributed by atoms with Crippen LogP contribution < -0.4 is 10.2 Å². The van der Waals surface area contributed by atoms with E-state index in [-0.39, 0.29) is 31.1 Å². The first-order valence-electron chi connectivity index (χ1n) is 10.1. The van der Waals surface area contributed by atoms with Crippen LogP contribution in [0.3, 0.4) is 0 Å². The van der Waals surface area contributed by atoms with Crippen molar-refractivity contribution in [2.45, 2.75) is 57.9 Å². The van der Waals surface area contributed by atoms with Crippen LogP contribution in [-0.4, -0.2) is 49.0 Å². The van der Waals surface area contributed by atoms with Crippen LogP contribution in [0, 0.1) is 19.8 Å². The van der Waals surface area contributed by atoms with E-state index in [0.717, 1.165) is 36.4 Å². The molecule has 1 N–H and O–H groups in total. The van der Waals surface area contributed by atoms with Crippen LogP contribution in [0.5, 0.6) is 0 Å². The van der Waals surface area contributed by atoms with Gasteiger partial charge in [-0.25, -0.2) is 8.78 Å². The van der Waals surface area contributed by atoms with Gasteiger partial charge >= 0.3 is 0 Å². The second-order valence-corrected chi connectivity index (χ2v) is 8.62. The third kappa shape index (κ3) is 3.96. The predicted octanol–water partition coefficient (Wildman–Crippen LogP) is 3.96. The second kappa shape index (κ2) is 7.04. The zero-order valence-electron chi connectivity index (χ0n) is 16.2. The number of halogens is 2. The number of rotatable bonds is 4. The monoisotopic (exact) mass is 377 g/mol. The quantitative estimate of drug-likeness (QED) is 0.863. The second-order valence-electron chi connectivity index (χ2n) is 8.62. The third-order valence-electron chi connectivity index (χ3n) is 6.38. The van der Waals surface area contributed by atoms with E-state index in [2.05, 4.69) is 27.2 Å². The Morgan fingerprint density at radius 3 is 2.56 bits per heavy atom. The number of piperazine rings is 1. The number of amides is 1. The number of fused-ring (bicyclic) bond motifs is 1. The number of benzene rings is 1. The summed E-state index contributed by atoms with van der Waals surface area (Å²) >= 11 is 0. The molecule has 0 unspecified atom stereocenters. The maximum Gasteiger partial charge on any atom is 0.248 e.